The number of carbonyl (C=O) groups excluding carboxylic acids is 2. The number of hydrogen-bond acceptors (Lipinski definition) is 4. The summed E-state index contributed by atoms with van der Waals surface area (Å²) < 4.78 is 5.49. The lowest BCUT2D eigenvalue weighted by Gasteiger charge is -2.36. The third kappa shape index (κ3) is 4.51. The molecule has 0 spiro atoms. The molecule has 2 amide bonds. The van der Waals surface area contributed by atoms with E-state index >= 15 is 0 Å². The van der Waals surface area contributed by atoms with Gasteiger partial charge in [0, 0.05) is 36.6 Å². The fourth-order valence-corrected chi connectivity index (χ4v) is 4.14. The molecular formula is C20H24N2O3S. The summed E-state index contributed by atoms with van der Waals surface area (Å²) in [4.78, 5) is 25.6. The largest absolute Gasteiger partial charge is 0.381 e. The molecule has 6 heteroatoms. The molecule has 0 atom stereocenters. The van der Waals surface area contributed by atoms with E-state index in [2.05, 4.69) is 16.7 Å². The zero-order chi connectivity index (χ0) is 18.4. The summed E-state index contributed by atoms with van der Waals surface area (Å²) in [6.07, 6.45) is 1.69. The number of aryl methyl sites for hydroxylation is 1. The Bertz CT molecular complexity index is 735. The Morgan fingerprint density at radius 2 is 1.77 bits per heavy atom. The second-order valence-electron chi connectivity index (χ2n) is 6.72. The Morgan fingerprint density at radius 3 is 2.42 bits per heavy atom. The van der Waals surface area contributed by atoms with Crippen molar-refractivity contribution in [1.82, 2.24) is 10.6 Å². The molecule has 1 aliphatic rings. The monoisotopic (exact) mass is 372 g/mol. The Morgan fingerprint density at radius 1 is 1.08 bits per heavy atom. The normalized spacial score (nSPS) is 16.0. The highest BCUT2D eigenvalue weighted by Gasteiger charge is 2.36. The third-order valence-corrected chi connectivity index (χ3v) is 5.98. The van der Waals surface area contributed by atoms with Crippen LogP contribution in [0.1, 0.15) is 28.8 Å². The highest BCUT2D eigenvalue weighted by molar-refractivity contribution is 7.10. The van der Waals surface area contributed by atoms with Gasteiger partial charge in [0.05, 0.1) is 0 Å². The highest BCUT2D eigenvalue weighted by atomic mass is 32.1. The van der Waals surface area contributed by atoms with E-state index in [-0.39, 0.29) is 5.41 Å². The lowest BCUT2D eigenvalue weighted by atomic mass is 9.78. The van der Waals surface area contributed by atoms with E-state index in [1.54, 1.807) is 11.3 Å². The van der Waals surface area contributed by atoms with Crippen molar-refractivity contribution in [3.63, 3.8) is 0 Å². The molecule has 5 nitrogen and oxygen atoms in total. The number of nitrogens with one attached hydrogen (secondary N) is 2. The minimum absolute atomic E-state index is 0.140. The highest BCUT2D eigenvalue weighted by Crippen LogP contribution is 2.36. The van der Waals surface area contributed by atoms with Gasteiger partial charge in [0.15, 0.2) is 0 Å². The first-order valence-corrected chi connectivity index (χ1v) is 9.70. The maximum Gasteiger partial charge on any atom is 0.309 e. The first-order chi connectivity index (χ1) is 12.6. The summed E-state index contributed by atoms with van der Waals surface area (Å²) >= 11 is 1.69. The number of thiophene rings is 1. The summed E-state index contributed by atoms with van der Waals surface area (Å²) in [7, 11) is 0. The molecule has 1 aliphatic heterocycles. The van der Waals surface area contributed by atoms with Crippen LogP contribution in [0.3, 0.4) is 0 Å². The molecule has 0 bridgehead atoms. The van der Waals surface area contributed by atoms with Crippen molar-refractivity contribution in [2.45, 2.75) is 31.7 Å². The molecule has 0 aliphatic carbocycles. The van der Waals surface area contributed by atoms with E-state index in [1.165, 1.54) is 4.88 Å². The maximum absolute atomic E-state index is 12.2. The molecule has 1 fully saturated rings. The van der Waals surface area contributed by atoms with Crippen LogP contribution in [0.15, 0.2) is 41.8 Å². The molecule has 138 valence electrons. The second-order valence-corrected chi connectivity index (χ2v) is 7.67. The van der Waals surface area contributed by atoms with Gasteiger partial charge >= 0.3 is 11.8 Å². The molecule has 3 rings (SSSR count). The summed E-state index contributed by atoms with van der Waals surface area (Å²) in [5.74, 6) is -1.18. The first-order valence-electron chi connectivity index (χ1n) is 8.82. The molecule has 1 saturated heterocycles. The smallest absolute Gasteiger partial charge is 0.309 e. The van der Waals surface area contributed by atoms with Crippen molar-refractivity contribution in [1.29, 1.82) is 0 Å². The Kier molecular flexibility index (Phi) is 6.06. The van der Waals surface area contributed by atoms with Crippen molar-refractivity contribution >= 4 is 23.2 Å². The lowest BCUT2D eigenvalue weighted by Crippen LogP contribution is -2.48. The molecule has 0 unspecified atom stereocenters. The van der Waals surface area contributed by atoms with E-state index in [0.717, 1.165) is 24.0 Å². The topological polar surface area (TPSA) is 67.4 Å². The van der Waals surface area contributed by atoms with Crippen LogP contribution in [0.25, 0.3) is 0 Å². The number of rotatable bonds is 5. The average molecular weight is 372 g/mol. The predicted octanol–water partition coefficient (Wildman–Crippen LogP) is 2.54. The van der Waals surface area contributed by atoms with Gasteiger partial charge in [-0.25, -0.2) is 0 Å². The van der Waals surface area contributed by atoms with Crippen molar-refractivity contribution in [2.75, 3.05) is 19.8 Å². The van der Waals surface area contributed by atoms with Gasteiger partial charge < -0.3 is 15.4 Å². The summed E-state index contributed by atoms with van der Waals surface area (Å²) in [6, 6.07) is 12.0. The Labute approximate surface area is 157 Å². The van der Waals surface area contributed by atoms with E-state index in [9.17, 15) is 9.59 Å². The number of ether oxygens (including phenoxy) is 1. The fraction of sp³-hybridized carbons (Fsp3) is 0.400. The standard InChI is InChI=1S/C20H24N2O3S/c1-15-4-6-16(7-5-15)13-21-18(23)19(24)22-14-20(8-10-25-11-9-20)17-3-2-12-26-17/h2-7,12H,8-11,13-14H2,1H3,(H,21,23)(H,22,24). The molecule has 1 aromatic heterocycles. The fourth-order valence-electron chi connectivity index (χ4n) is 3.15. The first kappa shape index (κ1) is 18.6. The van der Waals surface area contributed by atoms with Gasteiger partial charge in [0.1, 0.15) is 0 Å². The summed E-state index contributed by atoms with van der Waals surface area (Å²) in [5, 5.41) is 7.55. The molecule has 0 radical (unpaired) electrons. The van der Waals surface area contributed by atoms with Gasteiger partial charge in [0.2, 0.25) is 0 Å². The van der Waals surface area contributed by atoms with Gasteiger partial charge in [-0.05, 0) is 36.8 Å². The van der Waals surface area contributed by atoms with Crippen LogP contribution in [-0.2, 0) is 26.3 Å². The van der Waals surface area contributed by atoms with Gasteiger partial charge in [-0.15, -0.1) is 11.3 Å². The molecule has 2 heterocycles. The number of carbonyl (C=O) groups is 2. The molecule has 26 heavy (non-hydrogen) atoms. The number of amides is 2. The van der Waals surface area contributed by atoms with Gasteiger partial charge in [-0.3, -0.25) is 9.59 Å². The number of benzene rings is 1. The van der Waals surface area contributed by atoms with Crippen molar-refractivity contribution < 1.29 is 14.3 Å². The van der Waals surface area contributed by atoms with Crippen LogP contribution in [0.2, 0.25) is 0 Å². The van der Waals surface area contributed by atoms with Crippen molar-refractivity contribution in [3.05, 3.63) is 57.8 Å². The lowest BCUT2D eigenvalue weighted by molar-refractivity contribution is -0.139. The van der Waals surface area contributed by atoms with E-state index in [0.29, 0.717) is 26.3 Å². The van der Waals surface area contributed by atoms with Gasteiger partial charge in [0.25, 0.3) is 0 Å². The van der Waals surface area contributed by atoms with Crippen LogP contribution >= 0.6 is 11.3 Å². The molecule has 2 N–H and O–H groups in total. The number of hydrogen-bond donors (Lipinski definition) is 2. The minimum Gasteiger partial charge on any atom is -0.381 e. The van der Waals surface area contributed by atoms with E-state index in [4.69, 9.17) is 4.74 Å². The second kappa shape index (κ2) is 8.47. The molecule has 0 saturated carbocycles. The van der Waals surface area contributed by atoms with E-state index < -0.39 is 11.8 Å². The van der Waals surface area contributed by atoms with E-state index in [1.807, 2.05) is 42.6 Å². The summed E-state index contributed by atoms with van der Waals surface area (Å²) in [5.41, 5.74) is 1.99. The predicted molar refractivity (Wildman–Crippen MR) is 102 cm³/mol. The molecule has 2 aromatic rings. The van der Waals surface area contributed by atoms with Gasteiger partial charge in [-0.1, -0.05) is 35.9 Å². The average Bonchev–Trinajstić information content (AvgIpc) is 3.21. The third-order valence-electron chi connectivity index (χ3n) is 4.86. The maximum atomic E-state index is 12.2. The van der Waals surface area contributed by atoms with Crippen LogP contribution in [0.4, 0.5) is 0 Å². The minimum atomic E-state index is -0.598. The van der Waals surface area contributed by atoms with Gasteiger partial charge in [-0.2, -0.15) is 0 Å². The molecule has 1 aromatic carbocycles. The SMILES string of the molecule is Cc1ccc(CNC(=O)C(=O)NCC2(c3cccs3)CCOCC2)cc1. The summed E-state index contributed by atoms with van der Waals surface area (Å²) in [6.45, 7) is 4.15. The Balaban J connectivity index is 1.54. The van der Waals surface area contributed by atoms with Crippen LogP contribution < -0.4 is 10.6 Å². The van der Waals surface area contributed by atoms with Crippen molar-refractivity contribution in [3.8, 4) is 0 Å². The Hall–Kier alpha value is -2.18. The molecular weight excluding hydrogens is 348 g/mol. The zero-order valence-corrected chi connectivity index (χ0v) is 15.7. The van der Waals surface area contributed by atoms with Crippen LogP contribution in [-0.4, -0.2) is 31.6 Å². The van der Waals surface area contributed by atoms with Crippen LogP contribution in [0, 0.1) is 6.92 Å². The van der Waals surface area contributed by atoms with Crippen LogP contribution in [0.5, 0.6) is 0 Å². The quantitative estimate of drug-likeness (QED) is 0.793. The van der Waals surface area contributed by atoms with Crippen molar-refractivity contribution in [2.24, 2.45) is 0 Å². The zero-order valence-electron chi connectivity index (χ0n) is 14.9.